The Hall–Kier alpha value is -2.38. The number of H-pyrrole nitrogens is 1. The van der Waals surface area contributed by atoms with Gasteiger partial charge in [-0.15, -0.1) is 0 Å². The average Bonchev–Trinajstić information content (AvgIpc) is 3.30. The van der Waals surface area contributed by atoms with Crippen LogP contribution in [-0.2, 0) is 19.0 Å². The van der Waals surface area contributed by atoms with Crippen molar-refractivity contribution in [3.8, 4) is 0 Å². The molecule has 4 heterocycles. The first-order chi connectivity index (χ1) is 14.9. The predicted octanol–water partition coefficient (Wildman–Crippen LogP) is -0.124. The van der Waals surface area contributed by atoms with Gasteiger partial charge in [0.15, 0.2) is 23.7 Å². The van der Waals surface area contributed by atoms with Gasteiger partial charge in [-0.05, 0) is 19.3 Å². The van der Waals surface area contributed by atoms with E-state index in [1.54, 1.807) is 13.8 Å². The van der Waals surface area contributed by atoms with Crippen LogP contribution in [0.5, 0.6) is 0 Å². The lowest BCUT2D eigenvalue weighted by atomic mass is 10.1. The van der Waals surface area contributed by atoms with Crippen molar-refractivity contribution in [2.24, 2.45) is 5.92 Å². The Morgan fingerprint density at radius 1 is 1.45 bits per heavy atom. The maximum Gasteiger partial charge on any atom is 0.280 e. The van der Waals surface area contributed by atoms with Gasteiger partial charge in [-0.25, -0.2) is 4.98 Å². The van der Waals surface area contributed by atoms with Crippen molar-refractivity contribution < 1.29 is 29.2 Å². The van der Waals surface area contributed by atoms with Gasteiger partial charge in [-0.2, -0.15) is 4.98 Å². The number of anilines is 1. The number of ether oxygens (including phenoxy) is 3. The number of nitrogens with one attached hydrogen (secondary N) is 2. The molecule has 0 bridgehead atoms. The monoisotopic (exact) mass is 437 g/mol. The van der Waals surface area contributed by atoms with Crippen molar-refractivity contribution in [1.82, 2.24) is 19.5 Å². The Labute approximate surface area is 177 Å². The molecule has 31 heavy (non-hydrogen) atoms. The molecule has 12 nitrogen and oxygen atoms in total. The van der Waals surface area contributed by atoms with E-state index < -0.39 is 36.4 Å². The quantitative estimate of drug-likeness (QED) is 0.483. The molecule has 12 heteroatoms. The molecule has 1 amide bonds. The molecular formula is C19H27N5O7. The lowest BCUT2D eigenvalue weighted by molar-refractivity contribution is -0.210. The largest absolute Gasteiger partial charge is 0.394 e. The number of rotatable bonds is 6. The fourth-order valence-electron chi connectivity index (χ4n) is 3.69. The van der Waals surface area contributed by atoms with Crippen LogP contribution < -0.4 is 10.9 Å². The second-order valence-electron chi connectivity index (χ2n) is 8.02. The summed E-state index contributed by atoms with van der Waals surface area (Å²) < 4.78 is 18.7. The second kappa shape index (κ2) is 9.01. The van der Waals surface area contributed by atoms with Crippen LogP contribution in [0.2, 0.25) is 0 Å². The highest BCUT2D eigenvalue weighted by Crippen LogP contribution is 2.34. The Morgan fingerprint density at radius 3 is 2.94 bits per heavy atom. The molecule has 2 fully saturated rings. The molecule has 2 aliphatic heterocycles. The van der Waals surface area contributed by atoms with Crippen LogP contribution in [-0.4, -0.2) is 73.5 Å². The molecule has 2 saturated heterocycles. The van der Waals surface area contributed by atoms with Crippen LogP contribution in [0.15, 0.2) is 11.1 Å². The molecule has 0 aliphatic carbocycles. The molecule has 0 saturated carbocycles. The molecule has 5 atom stereocenters. The van der Waals surface area contributed by atoms with Crippen molar-refractivity contribution in [3.63, 3.8) is 0 Å². The standard InChI is InChI=1S/C19H27N5O7/c1-9(2)16(27)22-19-21-15-12(17(28)23-19)20-8-24(15)18-13(26)14(10(7-25)30-18)31-11-5-3-4-6-29-11/h8-11,13-14,18,25-26H,3-7H2,1-2H3,(H2,21,22,23,27,28). The van der Waals surface area contributed by atoms with Crippen molar-refractivity contribution in [1.29, 1.82) is 0 Å². The summed E-state index contributed by atoms with van der Waals surface area (Å²) in [4.78, 5) is 35.2. The van der Waals surface area contributed by atoms with Gasteiger partial charge in [0, 0.05) is 12.5 Å². The fraction of sp³-hybridized carbons (Fsp3) is 0.684. The Bertz CT molecular complexity index is 984. The molecule has 170 valence electrons. The molecule has 4 rings (SSSR count). The summed E-state index contributed by atoms with van der Waals surface area (Å²) in [5, 5.41) is 23.2. The van der Waals surface area contributed by atoms with Gasteiger partial charge >= 0.3 is 0 Å². The summed E-state index contributed by atoms with van der Waals surface area (Å²) in [6.45, 7) is 3.63. The van der Waals surface area contributed by atoms with E-state index in [1.165, 1.54) is 10.9 Å². The smallest absolute Gasteiger partial charge is 0.280 e. The van der Waals surface area contributed by atoms with Crippen LogP contribution in [0.3, 0.4) is 0 Å². The lowest BCUT2D eigenvalue weighted by Crippen LogP contribution is -2.40. The van der Waals surface area contributed by atoms with Crippen molar-refractivity contribution >= 4 is 23.0 Å². The minimum absolute atomic E-state index is 0.0267. The van der Waals surface area contributed by atoms with Gasteiger partial charge in [0.05, 0.1) is 12.9 Å². The topological polar surface area (TPSA) is 161 Å². The maximum atomic E-state index is 12.4. The van der Waals surface area contributed by atoms with E-state index in [4.69, 9.17) is 14.2 Å². The lowest BCUT2D eigenvalue weighted by Gasteiger charge is -2.28. The predicted molar refractivity (Wildman–Crippen MR) is 107 cm³/mol. The number of aromatic nitrogens is 4. The van der Waals surface area contributed by atoms with E-state index in [0.29, 0.717) is 13.0 Å². The zero-order chi connectivity index (χ0) is 22.1. The molecule has 0 aromatic carbocycles. The van der Waals surface area contributed by atoms with Gasteiger partial charge in [0.2, 0.25) is 11.9 Å². The summed E-state index contributed by atoms with van der Waals surface area (Å²) in [5.41, 5.74) is -0.394. The third-order valence-electron chi connectivity index (χ3n) is 5.41. The Morgan fingerprint density at radius 2 is 2.26 bits per heavy atom. The van der Waals surface area contributed by atoms with Crippen LogP contribution in [0, 0.1) is 5.92 Å². The number of carbonyl (C=O) groups is 1. The third kappa shape index (κ3) is 4.34. The maximum absolute atomic E-state index is 12.4. The van der Waals surface area contributed by atoms with Crippen LogP contribution >= 0.6 is 0 Å². The fourth-order valence-corrected chi connectivity index (χ4v) is 3.69. The first-order valence-electron chi connectivity index (χ1n) is 10.4. The van der Waals surface area contributed by atoms with E-state index in [-0.39, 0.29) is 35.5 Å². The minimum atomic E-state index is -1.17. The number of fused-ring (bicyclic) bond motifs is 1. The average molecular weight is 437 g/mol. The number of imidazole rings is 1. The third-order valence-corrected chi connectivity index (χ3v) is 5.41. The van der Waals surface area contributed by atoms with E-state index in [0.717, 1.165) is 12.8 Å². The highest BCUT2D eigenvalue weighted by atomic mass is 16.7. The second-order valence-corrected chi connectivity index (χ2v) is 8.02. The summed E-state index contributed by atoms with van der Waals surface area (Å²) in [5.74, 6) is -0.657. The van der Waals surface area contributed by atoms with Crippen molar-refractivity contribution in [3.05, 3.63) is 16.7 Å². The van der Waals surface area contributed by atoms with E-state index in [9.17, 15) is 19.8 Å². The van der Waals surface area contributed by atoms with Gasteiger partial charge in [-0.1, -0.05) is 13.8 Å². The first-order valence-corrected chi connectivity index (χ1v) is 10.4. The molecule has 2 aromatic heterocycles. The number of hydrogen-bond donors (Lipinski definition) is 4. The van der Waals surface area contributed by atoms with Gasteiger partial charge < -0.3 is 24.4 Å². The van der Waals surface area contributed by atoms with E-state index in [2.05, 4.69) is 20.3 Å². The number of aliphatic hydroxyl groups is 2. The summed E-state index contributed by atoms with van der Waals surface area (Å²) in [7, 11) is 0. The summed E-state index contributed by atoms with van der Waals surface area (Å²) >= 11 is 0. The number of nitrogens with zero attached hydrogens (tertiary/aromatic N) is 3. The molecule has 5 unspecified atom stereocenters. The molecule has 4 N–H and O–H groups in total. The summed E-state index contributed by atoms with van der Waals surface area (Å²) in [6.07, 6.45) is -0.379. The SMILES string of the molecule is CC(C)C(=O)Nc1nc2c(ncn2C2OC(CO)C(OC3CCCCO3)C2O)c(=O)[nH]1. The number of carbonyl (C=O) groups excluding carboxylic acids is 1. The molecule has 2 aromatic rings. The van der Waals surface area contributed by atoms with E-state index >= 15 is 0 Å². The van der Waals surface area contributed by atoms with E-state index in [1.807, 2.05) is 0 Å². The van der Waals surface area contributed by atoms with Crippen molar-refractivity contribution in [2.75, 3.05) is 18.5 Å². The van der Waals surface area contributed by atoms with Crippen molar-refractivity contribution in [2.45, 2.75) is 63.9 Å². The van der Waals surface area contributed by atoms with Crippen LogP contribution in [0.1, 0.15) is 39.3 Å². The van der Waals surface area contributed by atoms with Crippen LogP contribution in [0.4, 0.5) is 5.95 Å². The highest BCUT2D eigenvalue weighted by molar-refractivity contribution is 5.91. The van der Waals surface area contributed by atoms with Gasteiger partial charge in [-0.3, -0.25) is 24.5 Å². The highest BCUT2D eigenvalue weighted by Gasteiger charge is 2.47. The zero-order valence-corrected chi connectivity index (χ0v) is 17.4. The number of hydrogen-bond acceptors (Lipinski definition) is 9. The van der Waals surface area contributed by atoms with Gasteiger partial charge in [0.1, 0.15) is 18.3 Å². The first kappa shape index (κ1) is 21.8. The Balaban J connectivity index is 1.62. The summed E-state index contributed by atoms with van der Waals surface area (Å²) in [6, 6.07) is 0. The zero-order valence-electron chi connectivity index (χ0n) is 17.4. The Kier molecular flexibility index (Phi) is 6.34. The normalized spacial score (nSPS) is 29.0. The molecule has 0 spiro atoms. The molecular weight excluding hydrogens is 410 g/mol. The molecule has 2 aliphatic rings. The van der Waals surface area contributed by atoms with Crippen LogP contribution in [0.25, 0.3) is 11.2 Å². The number of aliphatic hydroxyl groups excluding tert-OH is 2. The number of aromatic amines is 1. The minimum Gasteiger partial charge on any atom is -0.394 e. The number of amides is 1. The van der Waals surface area contributed by atoms with Gasteiger partial charge in [0.25, 0.3) is 5.56 Å². The molecule has 0 radical (unpaired) electrons.